The fourth-order valence-electron chi connectivity index (χ4n) is 3.11. The summed E-state index contributed by atoms with van der Waals surface area (Å²) in [5.41, 5.74) is 6.07. The van der Waals surface area contributed by atoms with Gasteiger partial charge in [-0.15, -0.1) is 0 Å². The second-order valence-corrected chi connectivity index (χ2v) is 4.90. The number of hydrogen-bond donors (Lipinski definition) is 0. The molecule has 16 heavy (non-hydrogen) atoms. The summed E-state index contributed by atoms with van der Waals surface area (Å²) in [6.07, 6.45) is 5.28. The number of aromatic nitrogens is 1. The van der Waals surface area contributed by atoms with Gasteiger partial charge in [0.2, 0.25) is 0 Å². The third-order valence-electron chi connectivity index (χ3n) is 3.85. The minimum absolute atomic E-state index is 1.11. The highest BCUT2D eigenvalue weighted by Crippen LogP contribution is 2.32. The lowest BCUT2D eigenvalue weighted by molar-refractivity contribution is 0.630. The van der Waals surface area contributed by atoms with Crippen molar-refractivity contribution in [2.24, 2.45) is 0 Å². The molecule has 0 radical (unpaired) electrons. The highest BCUT2D eigenvalue weighted by molar-refractivity contribution is 5.86. The van der Waals surface area contributed by atoms with Crippen molar-refractivity contribution in [3.05, 3.63) is 35.0 Å². The SMILES string of the molecule is CCn1c2c(c3cc(C)ccc31)CCCC2. The zero-order valence-corrected chi connectivity index (χ0v) is 10.2. The van der Waals surface area contributed by atoms with Crippen molar-refractivity contribution in [2.75, 3.05) is 0 Å². The fourth-order valence-corrected chi connectivity index (χ4v) is 3.11. The van der Waals surface area contributed by atoms with Crippen molar-refractivity contribution < 1.29 is 0 Å². The Hall–Kier alpha value is -1.24. The van der Waals surface area contributed by atoms with Crippen LogP contribution in [0, 0.1) is 6.92 Å². The molecule has 84 valence electrons. The number of aryl methyl sites for hydroxylation is 3. The number of fused-ring (bicyclic) bond motifs is 3. The van der Waals surface area contributed by atoms with Crippen molar-refractivity contribution in [2.45, 2.75) is 46.1 Å². The second-order valence-electron chi connectivity index (χ2n) is 4.90. The molecule has 1 aromatic heterocycles. The molecular weight excluding hydrogens is 194 g/mol. The second kappa shape index (κ2) is 3.65. The Morgan fingerprint density at radius 3 is 2.81 bits per heavy atom. The molecular formula is C15H19N. The Morgan fingerprint density at radius 1 is 1.19 bits per heavy atom. The number of hydrogen-bond acceptors (Lipinski definition) is 0. The van der Waals surface area contributed by atoms with E-state index >= 15 is 0 Å². The van der Waals surface area contributed by atoms with E-state index in [4.69, 9.17) is 0 Å². The van der Waals surface area contributed by atoms with Crippen LogP contribution in [0.3, 0.4) is 0 Å². The standard InChI is InChI=1S/C15H19N/c1-3-16-14-7-5-4-6-12(14)13-10-11(2)8-9-15(13)16/h8-10H,3-7H2,1-2H3. The van der Waals surface area contributed by atoms with Crippen LogP contribution >= 0.6 is 0 Å². The summed E-state index contributed by atoms with van der Waals surface area (Å²) in [5, 5.41) is 1.51. The molecule has 1 aliphatic rings. The summed E-state index contributed by atoms with van der Waals surface area (Å²) >= 11 is 0. The fraction of sp³-hybridized carbons (Fsp3) is 0.467. The van der Waals surface area contributed by atoms with E-state index < -0.39 is 0 Å². The van der Waals surface area contributed by atoms with Crippen LogP contribution in [-0.4, -0.2) is 4.57 Å². The quantitative estimate of drug-likeness (QED) is 0.678. The van der Waals surface area contributed by atoms with Gasteiger partial charge in [0.05, 0.1) is 0 Å². The van der Waals surface area contributed by atoms with Crippen molar-refractivity contribution in [1.29, 1.82) is 0 Å². The van der Waals surface area contributed by atoms with Gasteiger partial charge < -0.3 is 4.57 Å². The maximum absolute atomic E-state index is 2.52. The molecule has 2 aromatic rings. The molecule has 0 spiro atoms. The van der Waals surface area contributed by atoms with Gasteiger partial charge in [0.1, 0.15) is 0 Å². The number of rotatable bonds is 1. The highest BCUT2D eigenvalue weighted by Gasteiger charge is 2.18. The van der Waals surface area contributed by atoms with Gasteiger partial charge in [0.15, 0.2) is 0 Å². The summed E-state index contributed by atoms with van der Waals surface area (Å²) in [5.74, 6) is 0. The molecule has 0 atom stereocenters. The molecule has 1 heteroatoms. The lowest BCUT2D eigenvalue weighted by atomic mass is 9.95. The van der Waals surface area contributed by atoms with E-state index in [-0.39, 0.29) is 0 Å². The number of benzene rings is 1. The Balaban J connectivity index is 2.37. The first-order valence-corrected chi connectivity index (χ1v) is 6.42. The van der Waals surface area contributed by atoms with Crippen LogP contribution < -0.4 is 0 Å². The first-order valence-electron chi connectivity index (χ1n) is 6.42. The van der Waals surface area contributed by atoms with Crippen LogP contribution in [-0.2, 0) is 19.4 Å². The zero-order valence-electron chi connectivity index (χ0n) is 10.2. The van der Waals surface area contributed by atoms with E-state index in [1.807, 2.05) is 0 Å². The molecule has 0 N–H and O–H groups in total. The van der Waals surface area contributed by atoms with Crippen LogP contribution in [0.4, 0.5) is 0 Å². The van der Waals surface area contributed by atoms with Gasteiger partial charge in [-0.2, -0.15) is 0 Å². The van der Waals surface area contributed by atoms with Gasteiger partial charge in [-0.05, 0) is 57.2 Å². The van der Waals surface area contributed by atoms with Crippen molar-refractivity contribution >= 4 is 10.9 Å². The van der Waals surface area contributed by atoms with Crippen LogP contribution in [0.1, 0.15) is 36.6 Å². The van der Waals surface area contributed by atoms with E-state index in [1.54, 1.807) is 11.3 Å². The summed E-state index contributed by atoms with van der Waals surface area (Å²) in [6.45, 7) is 5.56. The molecule has 1 aliphatic carbocycles. The van der Waals surface area contributed by atoms with Gasteiger partial charge in [-0.25, -0.2) is 0 Å². The zero-order chi connectivity index (χ0) is 11.1. The lowest BCUT2D eigenvalue weighted by Crippen LogP contribution is -2.06. The smallest absolute Gasteiger partial charge is 0.0485 e. The maximum Gasteiger partial charge on any atom is 0.0485 e. The Labute approximate surface area is 97.1 Å². The predicted molar refractivity (Wildman–Crippen MR) is 69.0 cm³/mol. The third-order valence-corrected chi connectivity index (χ3v) is 3.85. The maximum atomic E-state index is 2.52. The summed E-state index contributed by atoms with van der Waals surface area (Å²) in [7, 11) is 0. The third kappa shape index (κ3) is 1.31. The van der Waals surface area contributed by atoms with E-state index in [9.17, 15) is 0 Å². The molecule has 1 aromatic carbocycles. The molecule has 0 saturated heterocycles. The van der Waals surface area contributed by atoms with Gasteiger partial charge in [-0.3, -0.25) is 0 Å². The molecule has 0 bridgehead atoms. The van der Waals surface area contributed by atoms with E-state index in [0.29, 0.717) is 0 Å². The molecule has 0 amide bonds. The average molecular weight is 213 g/mol. The van der Waals surface area contributed by atoms with Gasteiger partial charge >= 0.3 is 0 Å². The number of nitrogens with zero attached hydrogens (tertiary/aromatic N) is 1. The molecule has 0 unspecified atom stereocenters. The summed E-state index contributed by atoms with van der Waals surface area (Å²) in [6, 6.07) is 6.90. The van der Waals surface area contributed by atoms with Gasteiger partial charge in [-0.1, -0.05) is 11.6 Å². The monoisotopic (exact) mass is 213 g/mol. The highest BCUT2D eigenvalue weighted by atomic mass is 15.0. The summed E-state index contributed by atoms with van der Waals surface area (Å²) < 4.78 is 2.52. The first kappa shape index (κ1) is 9.95. The normalized spacial score (nSPS) is 15.4. The minimum atomic E-state index is 1.11. The van der Waals surface area contributed by atoms with Crippen molar-refractivity contribution in [3.63, 3.8) is 0 Å². The van der Waals surface area contributed by atoms with E-state index in [1.165, 1.54) is 42.1 Å². The Morgan fingerprint density at radius 2 is 2.00 bits per heavy atom. The molecule has 3 rings (SSSR count). The van der Waals surface area contributed by atoms with Crippen LogP contribution in [0.2, 0.25) is 0 Å². The molecule has 1 heterocycles. The summed E-state index contributed by atoms with van der Waals surface area (Å²) in [4.78, 5) is 0. The van der Waals surface area contributed by atoms with Crippen molar-refractivity contribution in [3.8, 4) is 0 Å². The Kier molecular flexibility index (Phi) is 2.27. The predicted octanol–water partition coefficient (Wildman–Crippen LogP) is 3.85. The van der Waals surface area contributed by atoms with Gasteiger partial charge in [0.25, 0.3) is 0 Å². The van der Waals surface area contributed by atoms with Crippen molar-refractivity contribution in [1.82, 2.24) is 4.57 Å². The Bertz CT molecular complexity index is 534. The molecule has 0 fully saturated rings. The minimum Gasteiger partial charge on any atom is -0.345 e. The van der Waals surface area contributed by atoms with Crippen LogP contribution in [0.5, 0.6) is 0 Å². The first-order chi connectivity index (χ1) is 7.81. The van der Waals surface area contributed by atoms with Crippen LogP contribution in [0.25, 0.3) is 10.9 Å². The molecule has 0 aliphatic heterocycles. The van der Waals surface area contributed by atoms with Gasteiger partial charge in [0, 0.05) is 23.1 Å². The average Bonchev–Trinajstić information content (AvgIpc) is 2.62. The lowest BCUT2D eigenvalue weighted by Gasteiger charge is -2.14. The topological polar surface area (TPSA) is 4.93 Å². The van der Waals surface area contributed by atoms with E-state index in [0.717, 1.165) is 6.54 Å². The van der Waals surface area contributed by atoms with E-state index in [2.05, 4.69) is 36.6 Å². The molecule has 1 nitrogen and oxygen atoms in total. The van der Waals surface area contributed by atoms with Crippen LogP contribution in [0.15, 0.2) is 18.2 Å². The molecule has 0 saturated carbocycles. The largest absolute Gasteiger partial charge is 0.345 e.